The van der Waals surface area contributed by atoms with Crippen molar-refractivity contribution in [1.29, 1.82) is 0 Å². The highest BCUT2D eigenvalue weighted by atomic mass is 16.7. The Morgan fingerprint density at radius 2 is 1.97 bits per heavy atom. The van der Waals surface area contributed by atoms with Gasteiger partial charge in [0.1, 0.15) is 5.54 Å². The monoisotopic (exact) mass is 441 g/mol. The molecule has 0 saturated carbocycles. The van der Waals surface area contributed by atoms with Gasteiger partial charge >= 0.3 is 6.03 Å². The number of hydrogen-bond acceptors (Lipinski definition) is 5. The maximum absolute atomic E-state index is 13.2. The molecule has 1 aromatic carbocycles. The molecule has 1 N–H and O–H groups in total. The van der Waals surface area contributed by atoms with Gasteiger partial charge in [0.15, 0.2) is 11.5 Å². The molecule has 3 aliphatic rings. The molecule has 0 spiro atoms. The topological polar surface area (TPSA) is 71.1 Å². The average molecular weight is 442 g/mol. The normalized spacial score (nSPS) is 24.7. The number of imide groups is 1. The van der Waals surface area contributed by atoms with E-state index in [0.717, 1.165) is 56.0 Å². The molecule has 1 aromatic rings. The van der Waals surface area contributed by atoms with Crippen molar-refractivity contribution in [3.8, 4) is 11.5 Å². The van der Waals surface area contributed by atoms with Gasteiger partial charge < -0.3 is 19.7 Å². The Morgan fingerprint density at radius 1 is 1.25 bits per heavy atom. The molecule has 2 atom stereocenters. The van der Waals surface area contributed by atoms with Gasteiger partial charge in [-0.05, 0) is 75.2 Å². The third kappa shape index (κ3) is 4.35. The number of hydrogen-bond donors (Lipinski definition) is 1. The smallest absolute Gasteiger partial charge is 0.325 e. The number of benzene rings is 1. The third-order valence-corrected chi connectivity index (χ3v) is 7.06. The quantitative estimate of drug-likeness (QED) is 0.493. The number of amides is 3. The third-order valence-electron chi connectivity index (χ3n) is 7.06. The molecule has 2 fully saturated rings. The minimum absolute atomic E-state index is 0.0809. The van der Waals surface area contributed by atoms with Crippen molar-refractivity contribution in [3.63, 3.8) is 0 Å². The van der Waals surface area contributed by atoms with Gasteiger partial charge in [0.25, 0.3) is 5.91 Å². The lowest BCUT2D eigenvalue weighted by atomic mass is 9.75. The first-order chi connectivity index (χ1) is 15.3. The van der Waals surface area contributed by atoms with Gasteiger partial charge in [-0.3, -0.25) is 9.69 Å². The van der Waals surface area contributed by atoms with E-state index in [4.69, 9.17) is 9.47 Å². The minimum atomic E-state index is -0.767. The number of carbonyl (C=O) groups is 2. The van der Waals surface area contributed by atoms with E-state index in [1.807, 2.05) is 19.9 Å². The van der Waals surface area contributed by atoms with E-state index in [0.29, 0.717) is 25.7 Å². The number of piperidine rings is 1. The van der Waals surface area contributed by atoms with Crippen molar-refractivity contribution >= 4 is 11.9 Å². The molecule has 0 aliphatic carbocycles. The van der Waals surface area contributed by atoms with Gasteiger partial charge in [-0.25, -0.2) is 4.79 Å². The van der Waals surface area contributed by atoms with E-state index >= 15 is 0 Å². The highest BCUT2D eigenvalue weighted by molar-refractivity contribution is 6.07. The fraction of sp³-hybridized carbons (Fsp3) is 0.600. The van der Waals surface area contributed by atoms with Gasteiger partial charge in [0, 0.05) is 6.54 Å². The van der Waals surface area contributed by atoms with E-state index in [1.165, 1.54) is 10.5 Å². The number of fused-ring (bicyclic) bond motifs is 1. The van der Waals surface area contributed by atoms with Crippen LogP contribution in [0, 0.1) is 11.8 Å². The highest BCUT2D eigenvalue weighted by Gasteiger charge is 2.54. The van der Waals surface area contributed by atoms with E-state index in [1.54, 1.807) is 0 Å². The summed E-state index contributed by atoms with van der Waals surface area (Å²) in [5.74, 6) is 2.25. The molecule has 0 bridgehead atoms. The zero-order valence-corrected chi connectivity index (χ0v) is 19.5. The molecule has 3 aliphatic heterocycles. The summed E-state index contributed by atoms with van der Waals surface area (Å²) < 4.78 is 10.9. The van der Waals surface area contributed by atoms with Gasteiger partial charge in [-0.15, -0.1) is 0 Å². The van der Waals surface area contributed by atoms with Crippen molar-refractivity contribution in [1.82, 2.24) is 15.1 Å². The Kier molecular flexibility index (Phi) is 6.47. The first-order valence-corrected chi connectivity index (χ1v) is 11.7. The number of nitrogens with one attached hydrogen (secondary N) is 1. The standard InChI is InChI=1S/C25H35N3O4/c1-5-25(23(29)28(14-17(2)3)24(30)26-25)20-8-10-27(11-9-20)15-18(4)12-19-6-7-21-22(13-19)32-16-31-21/h6-7,13,18,20H,2,5,8-12,14-16H2,1,3-4H3,(H,26,30)/t18-,25-/m0/s1. The van der Waals surface area contributed by atoms with Crippen LogP contribution in [0.2, 0.25) is 0 Å². The molecule has 0 unspecified atom stereocenters. The minimum Gasteiger partial charge on any atom is -0.454 e. The zero-order chi connectivity index (χ0) is 22.9. The van der Waals surface area contributed by atoms with Crippen LogP contribution >= 0.6 is 0 Å². The lowest BCUT2D eigenvalue weighted by Crippen LogP contribution is -2.56. The number of nitrogens with zero attached hydrogens (tertiary/aromatic N) is 2. The zero-order valence-electron chi connectivity index (χ0n) is 19.5. The summed E-state index contributed by atoms with van der Waals surface area (Å²) in [5.41, 5.74) is 1.31. The maximum atomic E-state index is 13.2. The molecule has 0 aromatic heterocycles. The molecule has 4 rings (SSSR count). The predicted octanol–water partition coefficient (Wildman–Crippen LogP) is 3.58. The number of carbonyl (C=O) groups excluding carboxylic acids is 2. The van der Waals surface area contributed by atoms with Gasteiger partial charge in [0.2, 0.25) is 6.79 Å². The van der Waals surface area contributed by atoms with E-state index in [-0.39, 0.29) is 17.9 Å². The summed E-state index contributed by atoms with van der Waals surface area (Å²) >= 11 is 0. The van der Waals surface area contributed by atoms with E-state index in [9.17, 15) is 9.59 Å². The summed E-state index contributed by atoms with van der Waals surface area (Å²) in [6.45, 7) is 13.5. The lowest BCUT2D eigenvalue weighted by molar-refractivity contribution is -0.134. The molecule has 3 heterocycles. The fourth-order valence-electron chi connectivity index (χ4n) is 5.45. The average Bonchev–Trinajstić information content (AvgIpc) is 3.32. The predicted molar refractivity (Wildman–Crippen MR) is 123 cm³/mol. The SMILES string of the molecule is C=C(C)CN1C(=O)N[C@@](CC)(C2CCN(C[C@@H](C)Cc3ccc4c(c3)OCO4)CC2)C1=O. The van der Waals surface area contributed by atoms with Crippen molar-refractivity contribution in [3.05, 3.63) is 35.9 Å². The van der Waals surface area contributed by atoms with Gasteiger partial charge in [-0.2, -0.15) is 0 Å². The molecule has 3 amide bonds. The Balaban J connectivity index is 1.32. The number of likely N-dealkylation sites (tertiary alicyclic amines) is 1. The van der Waals surface area contributed by atoms with Crippen LogP contribution in [-0.2, 0) is 11.2 Å². The summed E-state index contributed by atoms with van der Waals surface area (Å²) in [7, 11) is 0. The largest absolute Gasteiger partial charge is 0.454 e. The summed E-state index contributed by atoms with van der Waals surface area (Å²) in [6, 6.07) is 5.91. The number of rotatable bonds is 8. The van der Waals surface area contributed by atoms with Crippen LogP contribution in [0.5, 0.6) is 11.5 Å². The summed E-state index contributed by atoms with van der Waals surface area (Å²) in [4.78, 5) is 29.6. The molecule has 0 radical (unpaired) electrons. The Bertz CT molecular complexity index is 893. The van der Waals surface area contributed by atoms with E-state index in [2.05, 4.69) is 35.9 Å². The molecule has 32 heavy (non-hydrogen) atoms. The second kappa shape index (κ2) is 9.14. The van der Waals surface area contributed by atoms with Crippen LogP contribution in [-0.4, -0.2) is 60.2 Å². The molecule has 7 heteroatoms. The molecular formula is C25H35N3O4. The van der Waals surface area contributed by atoms with Crippen LogP contribution in [0.3, 0.4) is 0 Å². The van der Waals surface area contributed by atoms with Crippen molar-refractivity contribution < 1.29 is 19.1 Å². The second-order valence-corrected chi connectivity index (χ2v) is 9.68. The molecule has 174 valence electrons. The Morgan fingerprint density at radius 3 is 2.66 bits per heavy atom. The molecule has 7 nitrogen and oxygen atoms in total. The van der Waals surface area contributed by atoms with Crippen LogP contribution in [0.15, 0.2) is 30.4 Å². The Hall–Kier alpha value is -2.54. The highest BCUT2D eigenvalue weighted by Crippen LogP contribution is 2.37. The van der Waals surface area contributed by atoms with Crippen molar-refractivity contribution in [2.24, 2.45) is 11.8 Å². The van der Waals surface area contributed by atoms with Crippen molar-refractivity contribution in [2.75, 3.05) is 33.0 Å². The number of ether oxygens (including phenoxy) is 2. The first kappa shape index (κ1) is 22.6. The van der Waals surface area contributed by atoms with Gasteiger partial charge in [-0.1, -0.05) is 32.1 Å². The van der Waals surface area contributed by atoms with Crippen LogP contribution in [0.4, 0.5) is 4.79 Å². The second-order valence-electron chi connectivity index (χ2n) is 9.68. The Labute approximate surface area is 190 Å². The van der Waals surface area contributed by atoms with E-state index < -0.39 is 5.54 Å². The van der Waals surface area contributed by atoms with Crippen LogP contribution in [0.1, 0.15) is 45.6 Å². The lowest BCUT2D eigenvalue weighted by Gasteiger charge is -2.41. The molecular weight excluding hydrogens is 406 g/mol. The summed E-state index contributed by atoms with van der Waals surface area (Å²) in [5, 5.41) is 3.06. The number of urea groups is 1. The molecule has 2 saturated heterocycles. The first-order valence-electron chi connectivity index (χ1n) is 11.7. The fourth-order valence-corrected chi connectivity index (χ4v) is 5.45. The van der Waals surface area contributed by atoms with Crippen LogP contribution < -0.4 is 14.8 Å². The summed E-state index contributed by atoms with van der Waals surface area (Å²) in [6.07, 6.45) is 3.43. The van der Waals surface area contributed by atoms with Gasteiger partial charge in [0.05, 0.1) is 6.54 Å². The van der Waals surface area contributed by atoms with Crippen molar-refractivity contribution in [2.45, 2.75) is 52.0 Å². The maximum Gasteiger partial charge on any atom is 0.325 e. The van der Waals surface area contributed by atoms with Crippen LogP contribution in [0.25, 0.3) is 0 Å².